The summed E-state index contributed by atoms with van der Waals surface area (Å²) in [6.07, 6.45) is 1.69. The number of benzene rings is 3. The second kappa shape index (κ2) is 7.10. The fraction of sp³-hybridized carbons (Fsp3) is 0.136. The summed E-state index contributed by atoms with van der Waals surface area (Å²) in [6.45, 7) is 1.41. The van der Waals surface area contributed by atoms with Gasteiger partial charge in [-0.3, -0.25) is 4.90 Å². The number of rotatable bonds is 5. The first-order valence-corrected chi connectivity index (χ1v) is 8.54. The monoisotopic (exact) mass is 346 g/mol. The quantitative estimate of drug-likeness (QED) is 0.493. The van der Waals surface area contributed by atoms with Crippen LogP contribution in [0.4, 0.5) is 4.39 Å². The van der Waals surface area contributed by atoms with Crippen molar-refractivity contribution in [3.63, 3.8) is 0 Å². The molecule has 0 bridgehead atoms. The normalized spacial score (nSPS) is 11.3. The van der Waals surface area contributed by atoms with Crippen LogP contribution in [0.2, 0.25) is 0 Å². The summed E-state index contributed by atoms with van der Waals surface area (Å²) in [5, 5.41) is 2.49. The first-order chi connectivity index (χ1) is 12.7. The van der Waals surface area contributed by atoms with Gasteiger partial charge in [0.05, 0.1) is 12.7 Å². The van der Waals surface area contributed by atoms with Crippen molar-refractivity contribution in [2.75, 3.05) is 7.05 Å². The van der Waals surface area contributed by atoms with Crippen LogP contribution >= 0.6 is 0 Å². The molecule has 0 aliphatic carbocycles. The molecule has 0 aliphatic rings. The summed E-state index contributed by atoms with van der Waals surface area (Å²) >= 11 is 0. The largest absolute Gasteiger partial charge is 0.439 e. The number of fused-ring (bicyclic) bond motifs is 1. The molecule has 26 heavy (non-hydrogen) atoms. The van der Waals surface area contributed by atoms with Crippen LogP contribution in [0.3, 0.4) is 0 Å². The van der Waals surface area contributed by atoms with Gasteiger partial charge in [0.25, 0.3) is 0 Å². The van der Waals surface area contributed by atoms with E-state index in [1.807, 2.05) is 7.05 Å². The Morgan fingerprint density at radius 2 is 1.69 bits per heavy atom. The molecule has 3 nitrogen and oxygen atoms in total. The molecular formula is C22H19FN2O. The highest BCUT2D eigenvalue weighted by Crippen LogP contribution is 2.22. The van der Waals surface area contributed by atoms with E-state index < -0.39 is 0 Å². The van der Waals surface area contributed by atoms with Gasteiger partial charge in [0.15, 0.2) is 5.76 Å². The molecule has 3 aromatic carbocycles. The zero-order chi connectivity index (χ0) is 17.9. The average molecular weight is 346 g/mol. The molecule has 4 rings (SSSR count). The summed E-state index contributed by atoms with van der Waals surface area (Å²) in [7, 11) is 2.04. The minimum atomic E-state index is -0.261. The Bertz CT molecular complexity index is 1020. The lowest BCUT2D eigenvalue weighted by molar-refractivity contribution is 0.283. The molecule has 1 heterocycles. The molecule has 0 unspecified atom stereocenters. The van der Waals surface area contributed by atoms with Crippen LogP contribution in [0.25, 0.3) is 22.1 Å². The van der Waals surface area contributed by atoms with Crippen molar-refractivity contribution in [1.29, 1.82) is 0 Å². The topological polar surface area (TPSA) is 29.3 Å². The van der Waals surface area contributed by atoms with Gasteiger partial charge in [-0.2, -0.15) is 0 Å². The average Bonchev–Trinajstić information content (AvgIpc) is 3.10. The zero-order valence-corrected chi connectivity index (χ0v) is 14.5. The smallest absolute Gasteiger partial charge is 0.209 e. The molecule has 4 heteroatoms. The molecule has 0 atom stereocenters. The molecule has 0 saturated heterocycles. The highest BCUT2D eigenvalue weighted by molar-refractivity contribution is 5.82. The van der Waals surface area contributed by atoms with E-state index in [1.54, 1.807) is 18.3 Å². The predicted octanol–water partition coefficient (Wildman–Crippen LogP) is 5.27. The van der Waals surface area contributed by atoms with E-state index in [4.69, 9.17) is 4.42 Å². The third-order valence-corrected chi connectivity index (χ3v) is 4.35. The summed E-state index contributed by atoms with van der Waals surface area (Å²) in [5.74, 6) is 1.04. The molecule has 0 aliphatic heterocycles. The highest BCUT2D eigenvalue weighted by Gasteiger charge is 2.10. The summed E-state index contributed by atoms with van der Waals surface area (Å²) in [5.41, 5.74) is 2.07. The Kier molecular flexibility index (Phi) is 4.50. The second-order valence-corrected chi connectivity index (χ2v) is 6.48. The molecule has 0 amide bonds. The number of hydrogen-bond donors (Lipinski definition) is 0. The maximum Gasteiger partial charge on any atom is 0.209 e. The molecule has 4 aromatic rings. The van der Waals surface area contributed by atoms with Crippen molar-refractivity contribution < 1.29 is 8.81 Å². The first kappa shape index (κ1) is 16.5. The van der Waals surface area contributed by atoms with E-state index in [1.165, 1.54) is 28.5 Å². The van der Waals surface area contributed by atoms with Crippen LogP contribution in [0.1, 0.15) is 11.5 Å². The van der Waals surface area contributed by atoms with Crippen molar-refractivity contribution in [1.82, 2.24) is 9.88 Å². The number of nitrogens with zero attached hydrogens (tertiary/aromatic N) is 2. The van der Waals surface area contributed by atoms with Crippen LogP contribution in [0, 0.1) is 5.82 Å². The number of halogens is 1. The molecule has 0 N–H and O–H groups in total. The standard InChI is InChI=1S/C22H19FN2O/c1-25(14-16-6-7-17-4-2-3-5-19(17)12-16)15-22-24-13-21(26-22)18-8-10-20(23)11-9-18/h2-13H,14-15H2,1H3. The van der Waals surface area contributed by atoms with Crippen LogP contribution in [-0.2, 0) is 13.1 Å². The minimum Gasteiger partial charge on any atom is -0.439 e. The lowest BCUT2D eigenvalue weighted by Crippen LogP contribution is -2.17. The Balaban J connectivity index is 1.44. The van der Waals surface area contributed by atoms with E-state index in [2.05, 4.69) is 52.3 Å². The van der Waals surface area contributed by atoms with Crippen molar-refractivity contribution in [2.45, 2.75) is 13.1 Å². The number of hydrogen-bond acceptors (Lipinski definition) is 3. The van der Waals surface area contributed by atoms with Crippen LogP contribution in [-0.4, -0.2) is 16.9 Å². The van der Waals surface area contributed by atoms with Gasteiger partial charge in [0.1, 0.15) is 5.82 Å². The lowest BCUT2D eigenvalue weighted by atomic mass is 10.1. The third kappa shape index (κ3) is 3.65. The first-order valence-electron chi connectivity index (χ1n) is 8.54. The van der Waals surface area contributed by atoms with Gasteiger partial charge in [-0.05, 0) is 53.7 Å². The Morgan fingerprint density at radius 1 is 0.923 bits per heavy atom. The molecule has 130 valence electrons. The van der Waals surface area contributed by atoms with Gasteiger partial charge < -0.3 is 4.42 Å². The molecule has 0 saturated carbocycles. The number of aromatic nitrogens is 1. The zero-order valence-electron chi connectivity index (χ0n) is 14.5. The van der Waals surface area contributed by atoms with Crippen molar-refractivity contribution in [2.24, 2.45) is 0 Å². The molecule has 1 aromatic heterocycles. The van der Waals surface area contributed by atoms with E-state index >= 15 is 0 Å². The maximum atomic E-state index is 13.0. The van der Waals surface area contributed by atoms with E-state index in [0.717, 1.165) is 12.1 Å². The molecule has 0 radical (unpaired) electrons. The van der Waals surface area contributed by atoms with E-state index in [0.29, 0.717) is 18.2 Å². The minimum absolute atomic E-state index is 0.261. The van der Waals surface area contributed by atoms with Crippen molar-refractivity contribution in [3.8, 4) is 11.3 Å². The summed E-state index contributed by atoms with van der Waals surface area (Å²) in [4.78, 5) is 6.50. The maximum absolute atomic E-state index is 13.0. The van der Waals surface area contributed by atoms with E-state index in [9.17, 15) is 4.39 Å². The highest BCUT2D eigenvalue weighted by atomic mass is 19.1. The molecular weight excluding hydrogens is 327 g/mol. The van der Waals surface area contributed by atoms with Crippen LogP contribution < -0.4 is 0 Å². The Labute approximate surface area is 151 Å². The van der Waals surface area contributed by atoms with Gasteiger partial charge in [-0.1, -0.05) is 36.4 Å². The summed E-state index contributed by atoms with van der Waals surface area (Å²) < 4.78 is 18.8. The second-order valence-electron chi connectivity index (χ2n) is 6.48. The summed E-state index contributed by atoms with van der Waals surface area (Å²) in [6, 6.07) is 21.1. The fourth-order valence-corrected chi connectivity index (χ4v) is 3.07. The van der Waals surface area contributed by atoms with Gasteiger partial charge in [0.2, 0.25) is 5.89 Å². The van der Waals surface area contributed by atoms with E-state index in [-0.39, 0.29) is 5.82 Å². The van der Waals surface area contributed by atoms with Crippen LogP contribution in [0.15, 0.2) is 77.3 Å². The van der Waals surface area contributed by atoms with Crippen molar-refractivity contribution >= 4 is 10.8 Å². The SMILES string of the molecule is CN(Cc1ccc2ccccc2c1)Cc1ncc(-c2ccc(F)cc2)o1. The lowest BCUT2D eigenvalue weighted by Gasteiger charge is -2.15. The Morgan fingerprint density at radius 3 is 2.50 bits per heavy atom. The molecule has 0 spiro atoms. The third-order valence-electron chi connectivity index (χ3n) is 4.35. The number of oxazole rings is 1. The van der Waals surface area contributed by atoms with Crippen LogP contribution in [0.5, 0.6) is 0 Å². The fourth-order valence-electron chi connectivity index (χ4n) is 3.07. The van der Waals surface area contributed by atoms with Crippen molar-refractivity contribution in [3.05, 3.63) is 90.2 Å². The van der Waals surface area contributed by atoms with Gasteiger partial charge in [0, 0.05) is 12.1 Å². The predicted molar refractivity (Wildman–Crippen MR) is 101 cm³/mol. The van der Waals surface area contributed by atoms with Gasteiger partial charge in [-0.25, -0.2) is 9.37 Å². The Hall–Kier alpha value is -2.98. The molecule has 0 fully saturated rings. The van der Waals surface area contributed by atoms with Gasteiger partial charge >= 0.3 is 0 Å². The van der Waals surface area contributed by atoms with Gasteiger partial charge in [-0.15, -0.1) is 0 Å².